The predicted octanol–water partition coefficient (Wildman–Crippen LogP) is 2.74. The van der Waals surface area contributed by atoms with Crippen LogP contribution in [-0.4, -0.2) is 22.1 Å². The molecule has 18 heavy (non-hydrogen) atoms. The van der Waals surface area contributed by atoms with Crippen LogP contribution in [0.15, 0.2) is 42.5 Å². The molecule has 1 heterocycles. The highest BCUT2D eigenvalue weighted by Gasteiger charge is 2.06. The summed E-state index contributed by atoms with van der Waals surface area (Å²) in [5.41, 5.74) is 4.07. The van der Waals surface area contributed by atoms with Crippen LogP contribution in [0.1, 0.15) is 5.56 Å². The van der Waals surface area contributed by atoms with E-state index >= 15 is 0 Å². The molecule has 0 aliphatic rings. The fourth-order valence-electron chi connectivity index (χ4n) is 1.95. The summed E-state index contributed by atoms with van der Waals surface area (Å²) in [6.45, 7) is 2.05. The van der Waals surface area contributed by atoms with E-state index in [0.29, 0.717) is 0 Å². The molecule has 0 saturated heterocycles. The largest absolute Gasteiger partial charge is 0.497 e. The fraction of sp³-hybridized carbons (Fsp3) is 0.143. The van der Waals surface area contributed by atoms with Gasteiger partial charge in [0.1, 0.15) is 11.3 Å². The zero-order valence-electron chi connectivity index (χ0n) is 10.3. The number of nitrogens with zero attached hydrogens (tertiary/aromatic N) is 3. The van der Waals surface area contributed by atoms with Gasteiger partial charge in [-0.15, -0.1) is 5.10 Å². The standard InChI is InChI=1S/C14H13N3O/c1-10-3-8-14-13(9-10)15-16-17(14)11-4-6-12(18-2)7-5-11/h3-9H,1-2H3. The molecule has 0 atom stereocenters. The first-order chi connectivity index (χ1) is 8.78. The van der Waals surface area contributed by atoms with Crippen LogP contribution in [0.4, 0.5) is 0 Å². The van der Waals surface area contributed by atoms with E-state index in [-0.39, 0.29) is 0 Å². The normalized spacial score (nSPS) is 10.8. The zero-order chi connectivity index (χ0) is 12.5. The predicted molar refractivity (Wildman–Crippen MR) is 70.2 cm³/mol. The van der Waals surface area contributed by atoms with E-state index in [0.717, 1.165) is 22.5 Å². The first-order valence-corrected chi connectivity index (χ1v) is 5.74. The Labute approximate surface area is 105 Å². The smallest absolute Gasteiger partial charge is 0.119 e. The first-order valence-electron chi connectivity index (χ1n) is 5.74. The quantitative estimate of drug-likeness (QED) is 0.690. The SMILES string of the molecule is COc1ccc(-n2nnc3cc(C)ccc32)cc1. The average molecular weight is 239 g/mol. The summed E-state index contributed by atoms with van der Waals surface area (Å²) >= 11 is 0. The van der Waals surface area contributed by atoms with E-state index in [2.05, 4.69) is 16.4 Å². The second kappa shape index (κ2) is 4.14. The van der Waals surface area contributed by atoms with Gasteiger partial charge in [-0.05, 0) is 48.9 Å². The number of hydrogen-bond donors (Lipinski definition) is 0. The van der Waals surface area contributed by atoms with E-state index in [1.165, 1.54) is 5.56 Å². The highest BCUT2D eigenvalue weighted by atomic mass is 16.5. The van der Waals surface area contributed by atoms with Crippen molar-refractivity contribution < 1.29 is 4.74 Å². The minimum absolute atomic E-state index is 0.832. The second-order valence-corrected chi connectivity index (χ2v) is 4.19. The lowest BCUT2D eigenvalue weighted by Crippen LogP contribution is -1.96. The molecule has 3 aromatic rings. The molecular weight excluding hydrogens is 226 g/mol. The third kappa shape index (κ3) is 1.72. The molecule has 0 radical (unpaired) electrons. The van der Waals surface area contributed by atoms with E-state index < -0.39 is 0 Å². The summed E-state index contributed by atoms with van der Waals surface area (Å²) in [4.78, 5) is 0. The van der Waals surface area contributed by atoms with E-state index in [9.17, 15) is 0 Å². The molecule has 0 unspecified atom stereocenters. The van der Waals surface area contributed by atoms with Gasteiger partial charge in [-0.1, -0.05) is 11.3 Å². The molecule has 0 N–H and O–H groups in total. The maximum absolute atomic E-state index is 5.14. The number of aryl methyl sites for hydroxylation is 1. The van der Waals surface area contributed by atoms with E-state index in [1.54, 1.807) is 7.11 Å². The monoisotopic (exact) mass is 239 g/mol. The highest BCUT2D eigenvalue weighted by molar-refractivity contribution is 5.76. The van der Waals surface area contributed by atoms with Gasteiger partial charge in [-0.2, -0.15) is 0 Å². The van der Waals surface area contributed by atoms with Gasteiger partial charge in [0.15, 0.2) is 0 Å². The van der Waals surface area contributed by atoms with E-state index in [1.807, 2.05) is 48.0 Å². The van der Waals surface area contributed by atoms with Crippen LogP contribution < -0.4 is 4.74 Å². The van der Waals surface area contributed by atoms with Gasteiger partial charge in [0.25, 0.3) is 0 Å². The number of fused-ring (bicyclic) bond motifs is 1. The number of aromatic nitrogens is 3. The van der Waals surface area contributed by atoms with Crippen molar-refractivity contribution in [1.29, 1.82) is 0 Å². The molecule has 1 aromatic heterocycles. The van der Waals surface area contributed by atoms with Crippen molar-refractivity contribution in [2.24, 2.45) is 0 Å². The lowest BCUT2D eigenvalue weighted by atomic mass is 10.2. The Balaban J connectivity index is 2.13. The topological polar surface area (TPSA) is 39.9 Å². The lowest BCUT2D eigenvalue weighted by molar-refractivity contribution is 0.414. The summed E-state index contributed by atoms with van der Waals surface area (Å²) in [6, 6.07) is 13.9. The molecule has 0 saturated carbocycles. The van der Waals surface area contributed by atoms with E-state index in [4.69, 9.17) is 4.74 Å². The maximum atomic E-state index is 5.14. The van der Waals surface area contributed by atoms with Gasteiger partial charge in [0, 0.05) is 0 Å². The van der Waals surface area contributed by atoms with Crippen LogP contribution in [0.2, 0.25) is 0 Å². The van der Waals surface area contributed by atoms with Gasteiger partial charge in [0.2, 0.25) is 0 Å². The minimum atomic E-state index is 0.832. The van der Waals surface area contributed by atoms with Gasteiger partial charge in [0.05, 0.1) is 18.3 Å². The van der Waals surface area contributed by atoms with Gasteiger partial charge in [-0.25, -0.2) is 4.68 Å². The fourth-order valence-corrected chi connectivity index (χ4v) is 1.95. The third-order valence-corrected chi connectivity index (χ3v) is 2.92. The Morgan fingerprint density at radius 3 is 2.56 bits per heavy atom. The molecule has 0 fully saturated rings. The van der Waals surface area contributed by atoms with Crippen molar-refractivity contribution in [3.8, 4) is 11.4 Å². The van der Waals surface area contributed by atoms with Crippen molar-refractivity contribution in [3.05, 3.63) is 48.0 Å². The molecule has 0 aliphatic carbocycles. The Bertz CT molecular complexity index is 686. The molecule has 4 nitrogen and oxygen atoms in total. The van der Waals surface area contributed by atoms with Crippen LogP contribution in [0.25, 0.3) is 16.7 Å². The summed E-state index contributed by atoms with van der Waals surface area (Å²) in [5, 5.41) is 8.37. The molecule has 0 aliphatic heterocycles. The molecule has 3 rings (SSSR count). The summed E-state index contributed by atoms with van der Waals surface area (Å²) in [7, 11) is 1.66. The summed E-state index contributed by atoms with van der Waals surface area (Å²) in [6.07, 6.45) is 0. The zero-order valence-corrected chi connectivity index (χ0v) is 10.3. The number of rotatable bonds is 2. The van der Waals surface area contributed by atoms with Crippen LogP contribution in [0, 0.1) is 6.92 Å². The Kier molecular flexibility index (Phi) is 2.48. The van der Waals surface area contributed by atoms with Crippen LogP contribution in [0.5, 0.6) is 5.75 Å². The molecule has 0 amide bonds. The first kappa shape index (κ1) is 10.8. The molecule has 0 bridgehead atoms. The summed E-state index contributed by atoms with van der Waals surface area (Å²) < 4.78 is 6.97. The number of methoxy groups -OCH3 is 1. The number of hydrogen-bond acceptors (Lipinski definition) is 3. The van der Waals surface area contributed by atoms with Gasteiger partial charge >= 0.3 is 0 Å². The van der Waals surface area contributed by atoms with Crippen molar-refractivity contribution in [3.63, 3.8) is 0 Å². The van der Waals surface area contributed by atoms with Crippen LogP contribution >= 0.6 is 0 Å². The Morgan fingerprint density at radius 1 is 1.06 bits per heavy atom. The Morgan fingerprint density at radius 2 is 1.83 bits per heavy atom. The molecule has 4 heteroatoms. The van der Waals surface area contributed by atoms with Crippen molar-refractivity contribution in [1.82, 2.24) is 15.0 Å². The second-order valence-electron chi connectivity index (χ2n) is 4.19. The highest BCUT2D eigenvalue weighted by Crippen LogP contribution is 2.19. The molecule has 0 spiro atoms. The molecule has 90 valence electrons. The average Bonchev–Trinajstić information content (AvgIpc) is 2.81. The maximum Gasteiger partial charge on any atom is 0.119 e. The summed E-state index contributed by atoms with van der Waals surface area (Å²) in [5.74, 6) is 0.832. The van der Waals surface area contributed by atoms with Gasteiger partial charge < -0.3 is 4.74 Å². The van der Waals surface area contributed by atoms with Gasteiger partial charge in [-0.3, -0.25) is 0 Å². The van der Waals surface area contributed by atoms with Crippen molar-refractivity contribution in [2.45, 2.75) is 6.92 Å². The van der Waals surface area contributed by atoms with Crippen LogP contribution in [-0.2, 0) is 0 Å². The Hall–Kier alpha value is -2.36. The molecular formula is C14H13N3O. The number of ether oxygens (including phenoxy) is 1. The third-order valence-electron chi connectivity index (χ3n) is 2.92. The van der Waals surface area contributed by atoms with Crippen LogP contribution in [0.3, 0.4) is 0 Å². The van der Waals surface area contributed by atoms with Crippen molar-refractivity contribution in [2.75, 3.05) is 7.11 Å². The number of benzene rings is 2. The lowest BCUT2D eigenvalue weighted by Gasteiger charge is -2.04. The molecule has 2 aromatic carbocycles. The van der Waals surface area contributed by atoms with Crippen molar-refractivity contribution >= 4 is 11.0 Å². The minimum Gasteiger partial charge on any atom is -0.497 e.